The summed E-state index contributed by atoms with van der Waals surface area (Å²) in [6, 6.07) is -0.167. The van der Waals surface area contributed by atoms with Gasteiger partial charge in [-0.2, -0.15) is 0 Å². The monoisotopic (exact) mass is 360 g/mol. The number of carbonyl (C=O) groups is 1. The Hall–Kier alpha value is -1.06. The van der Waals surface area contributed by atoms with Crippen molar-refractivity contribution in [1.82, 2.24) is 15.1 Å². The number of urea groups is 1. The smallest absolute Gasteiger partial charge is 0.328 e. The Kier molecular flexibility index (Phi) is 6.91. The molecular formula is C14H24N4O3S2. The lowest BCUT2D eigenvalue weighted by Crippen LogP contribution is -2.54. The number of carbonyl (C=O) groups excluding carboxylic acids is 1. The van der Waals surface area contributed by atoms with Crippen molar-refractivity contribution in [2.75, 3.05) is 31.4 Å². The van der Waals surface area contributed by atoms with Gasteiger partial charge in [-0.1, -0.05) is 37.5 Å². The number of hydrogen-bond donors (Lipinski definition) is 0. The zero-order valence-corrected chi connectivity index (χ0v) is 15.5. The molecule has 1 saturated heterocycles. The van der Waals surface area contributed by atoms with E-state index in [1.807, 2.05) is 0 Å². The van der Waals surface area contributed by atoms with Crippen LogP contribution < -0.4 is 4.90 Å². The quantitative estimate of drug-likeness (QED) is 0.526. The van der Waals surface area contributed by atoms with Gasteiger partial charge >= 0.3 is 6.03 Å². The molecule has 23 heavy (non-hydrogen) atoms. The number of ether oxygens (including phenoxy) is 1. The molecule has 2 atom stereocenters. The number of methoxy groups -OCH3 is 1. The van der Waals surface area contributed by atoms with Gasteiger partial charge in [0.15, 0.2) is 0 Å². The first-order valence-corrected chi connectivity index (χ1v) is 10.0. The predicted octanol–water partition coefficient (Wildman–Crippen LogP) is 2.46. The number of nitrogens with zero attached hydrogens (tertiary/aromatic N) is 4. The first kappa shape index (κ1) is 18.3. The van der Waals surface area contributed by atoms with Crippen LogP contribution in [-0.2, 0) is 15.5 Å². The number of unbranched alkanes of at least 4 members (excludes halogenated alkanes) is 3. The highest BCUT2D eigenvalue weighted by Gasteiger charge is 2.35. The highest BCUT2D eigenvalue weighted by molar-refractivity contribution is 7.87. The van der Waals surface area contributed by atoms with Crippen molar-refractivity contribution in [1.29, 1.82) is 0 Å². The van der Waals surface area contributed by atoms with Crippen LogP contribution in [0.1, 0.15) is 39.0 Å². The number of aromatic nitrogens is 2. The van der Waals surface area contributed by atoms with E-state index >= 15 is 0 Å². The van der Waals surface area contributed by atoms with Crippen LogP contribution in [0.2, 0.25) is 0 Å². The summed E-state index contributed by atoms with van der Waals surface area (Å²) in [5.74, 6) is 0.593. The first-order chi connectivity index (χ1) is 11.1. The van der Waals surface area contributed by atoms with Gasteiger partial charge in [0.25, 0.3) is 0 Å². The first-order valence-electron chi connectivity index (χ1n) is 7.87. The zero-order valence-electron chi connectivity index (χ0n) is 13.9. The molecule has 1 aromatic heterocycles. The maximum Gasteiger partial charge on any atom is 0.328 e. The van der Waals surface area contributed by atoms with Crippen molar-refractivity contribution in [3.8, 4) is 0 Å². The molecule has 0 spiro atoms. The third-order valence-corrected chi connectivity index (χ3v) is 6.44. The van der Waals surface area contributed by atoms with E-state index in [-0.39, 0.29) is 12.3 Å². The highest BCUT2D eigenvalue weighted by Crippen LogP contribution is 2.29. The van der Waals surface area contributed by atoms with Crippen LogP contribution in [0.5, 0.6) is 0 Å². The summed E-state index contributed by atoms with van der Waals surface area (Å²) in [4.78, 5) is 15.5. The summed E-state index contributed by atoms with van der Waals surface area (Å²) >= 11 is 1.21. The Labute approximate surface area is 143 Å². The maximum atomic E-state index is 12.4. The molecule has 1 aliphatic rings. The van der Waals surface area contributed by atoms with Crippen LogP contribution >= 0.6 is 11.3 Å². The summed E-state index contributed by atoms with van der Waals surface area (Å²) < 4.78 is 18.1. The lowest BCUT2D eigenvalue weighted by Gasteiger charge is -2.37. The Bertz CT molecular complexity index is 552. The van der Waals surface area contributed by atoms with Gasteiger partial charge < -0.3 is 9.64 Å². The van der Waals surface area contributed by atoms with E-state index < -0.39 is 10.8 Å². The second kappa shape index (κ2) is 8.70. The van der Waals surface area contributed by atoms with E-state index in [2.05, 4.69) is 17.1 Å². The minimum absolute atomic E-state index is 0.167. The molecule has 1 aromatic rings. The number of anilines is 1. The van der Waals surface area contributed by atoms with Crippen molar-refractivity contribution in [3.63, 3.8) is 0 Å². The maximum absolute atomic E-state index is 12.4. The van der Waals surface area contributed by atoms with Gasteiger partial charge in [0.2, 0.25) is 9.47 Å². The summed E-state index contributed by atoms with van der Waals surface area (Å²) in [5, 5.41) is 8.53. The number of rotatable bonds is 8. The molecule has 0 saturated carbocycles. The fourth-order valence-electron chi connectivity index (χ4n) is 2.40. The molecule has 0 bridgehead atoms. The van der Waals surface area contributed by atoms with Crippen molar-refractivity contribution < 1.29 is 13.7 Å². The molecule has 1 aliphatic heterocycles. The third-order valence-electron chi connectivity index (χ3n) is 3.78. The number of hydrogen-bond acceptors (Lipinski definition) is 6. The van der Waals surface area contributed by atoms with Gasteiger partial charge in [0.1, 0.15) is 6.23 Å². The van der Waals surface area contributed by atoms with Gasteiger partial charge in [-0.3, -0.25) is 4.21 Å². The average molecular weight is 361 g/mol. The van der Waals surface area contributed by atoms with E-state index in [1.165, 1.54) is 16.2 Å². The van der Waals surface area contributed by atoms with E-state index in [1.54, 1.807) is 19.1 Å². The minimum atomic E-state index is -1.15. The lowest BCUT2D eigenvalue weighted by molar-refractivity contribution is 0.0700. The number of amides is 2. The summed E-state index contributed by atoms with van der Waals surface area (Å²) in [5.41, 5.74) is 0. The van der Waals surface area contributed by atoms with Crippen LogP contribution in [0, 0.1) is 0 Å². The lowest BCUT2D eigenvalue weighted by atomic mass is 10.2. The van der Waals surface area contributed by atoms with Gasteiger partial charge in [0.05, 0.1) is 10.8 Å². The summed E-state index contributed by atoms with van der Waals surface area (Å²) in [7, 11) is 2.17. The second-order valence-corrected chi connectivity index (χ2v) is 8.21. The van der Waals surface area contributed by atoms with Gasteiger partial charge in [-0.25, -0.2) is 9.69 Å². The fraction of sp³-hybridized carbons (Fsp3) is 0.786. The molecule has 2 heterocycles. The molecule has 0 radical (unpaired) electrons. The largest absolute Gasteiger partial charge is 0.361 e. The van der Waals surface area contributed by atoms with E-state index in [0.717, 1.165) is 25.7 Å². The highest BCUT2D eigenvalue weighted by atomic mass is 32.2. The van der Waals surface area contributed by atoms with Crippen LogP contribution in [0.4, 0.5) is 9.93 Å². The van der Waals surface area contributed by atoms with Gasteiger partial charge in [-0.15, -0.1) is 10.2 Å². The minimum Gasteiger partial charge on any atom is -0.361 e. The summed E-state index contributed by atoms with van der Waals surface area (Å²) in [6.45, 7) is 2.79. The van der Waals surface area contributed by atoms with Crippen LogP contribution in [0.15, 0.2) is 4.34 Å². The Balaban J connectivity index is 2.04. The zero-order chi connectivity index (χ0) is 16.8. The van der Waals surface area contributed by atoms with Gasteiger partial charge in [-0.05, 0) is 6.42 Å². The standard InChI is InChI=1S/C14H24N4O3S2/c1-4-5-6-7-10-23(20)13-16-15-12(22-13)18-11(21-3)8-9-17(2)14(18)19/h11H,4-10H2,1-3H3. The Morgan fingerprint density at radius 2 is 2.13 bits per heavy atom. The molecule has 0 aliphatic carbocycles. The Morgan fingerprint density at radius 1 is 1.35 bits per heavy atom. The van der Waals surface area contributed by atoms with Crippen molar-refractivity contribution in [3.05, 3.63) is 0 Å². The fourth-order valence-corrected chi connectivity index (χ4v) is 4.64. The van der Waals surface area contributed by atoms with Crippen molar-refractivity contribution >= 4 is 33.3 Å². The molecule has 7 nitrogen and oxygen atoms in total. The molecule has 2 rings (SSSR count). The third kappa shape index (κ3) is 4.48. The second-order valence-electron chi connectivity index (χ2n) is 5.51. The molecule has 9 heteroatoms. The normalized spacial score (nSPS) is 20.1. The average Bonchev–Trinajstić information content (AvgIpc) is 3.03. The molecular weight excluding hydrogens is 336 g/mol. The molecule has 1 fully saturated rings. The topological polar surface area (TPSA) is 75.6 Å². The van der Waals surface area contributed by atoms with Crippen molar-refractivity contribution in [2.24, 2.45) is 0 Å². The predicted molar refractivity (Wildman–Crippen MR) is 91.2 cm³/mol. The van der Waals surface area contributed by atoms with Crippen LogP contribution in [0.25, 0.3) is 0 Å². The van der Waals surface area contributed by atoms with E-state index in [0.29, 0.717) is 28.2 Å². The molecule has 2 unspecified atom stereocenters. The molecule has 2 amide bonds. The van der Waals surface area contributed by atoms with Crippen LogP contribution in [-0.4, -0.2) is 58.0 Å². The molecule has 130 valence electrons. The summed E-state index contributed by atoms with van der Waals surface area (Å²) in [6.07, 6.45) is 4.66. The van der Waals surface area contributed by atoms with E-state index in [9.17, 15) is 9.00 Å². The van der Waals surface area contributed by atoms with Crippen LogP contribution in [0.3, 0.4) is 0 Å². The SMILES string of the molecule is CCCCCCS(=O)c1nnc(N2C(=O)N(C)CCC2OC)s1. The van der Waals surface area contributed by atoms with E-state index in [4.69, 9.17) is 4.74 Å². The molecule has 0 aromatic carbocycles. The Morgan fingerprint density at radius 3 is 2.83 bits per heavy atom. The van der Waals surface area contributed by atoms with Crippen molar-refractivity contribution in [2.45, 2.75) is 49.6 Å². The molecule has 0 N–H and O–H groups in total. The van der Waals surface area contributed by atoms with Gasteiger partial charge in [0, 0.05) is 32.9 Å².